The van der Waals surface area contributed by atoms with Gasteiger partial charge in [-0.3, -0.25) is 0 Å². The van der Waals surface area contributed by atoms with E-state index in [0.717, 1.165) is 13.0 Å². The average Bonchev–Trinajstić information content (AvgIpc) is 2.38. The van der Waals surface area contributed by atoms with Crippen molar-refractivity contribution in [2.75, 3.05) is 26.4 Å². The van der Waals surface area contributed by atoms with Crippen LogP contribution in [0.3, 0.4) is 0 Å². The lowest BCUT2D eigenvalue weighted by Gasteiger charge is -2.23. The number of aliphatic hydroxyl groups is 1. The number of hydrogen-bond acceptors (Lipinski definition) is 3. The second-order valence-electron chi connectivity index (χ2n) is 4.78. The third kappa shape index (κ3) is 5.63. The van der Waals surface area contributed by atoms with Crippen molar-refractivity contribution < 1.29 is 9.84 Å². The number of nitrogens with one attached hydrogen (secondary N) is 1. The molecule has 0 saturated carbocycles. The Morgan fingerprint density at radius 3 is 2.50 bits per heavy atom. The molecule has 0 radical (unpaired) electrons. The molecule has 0 fully saturated rings. The molecule has 3 nitrogen and oxygen atoms in total. The van der Waals surface area contributed by atoms with Crippen LogP contribution in [0.4, 0.5) is 0 Å². The molecule has 1 atom stereocenters. The first-order valence-electron chi connectivity index (χ1n) is 6.72. The number of rotatable bonds is 9. The molecule has 3 heteroatoms. The highest BCUT2D eigenvalue weighted by molar-refractivity contribution is 5.19. The van der Waals surface area contributed by atoms with Crippen molar-refractivity contribution in [2.24, 2.45) is 5.92 Å². The lowest BCUT2D eigenvalue weighted by Crippen LogP contribution is -2.27. The van der Waals surface area contributed by atoms with Crippen molar-refractivity contribution in [3.63, 3.8) is 0 Å². The van der Waals surface area contributed by atoms with E-state index in [9.17, 15) is 0 Å². The summed E-state index contributed by atoms with van der Waals surface area (Å²) in [5, 5.41) is 12.2. The number of benzene rings is 1. The molecular weight excluding hydrogens is 226 g/mol. The van der Waals surface area contributed by atoms with E-state index in [0.29, 0.717) is 25.2 Å². The largest absolute Gasteiger partial charge is 0.394 e. The van der Waals surface area contributed by atoms with Crippen LogP contribution in [0.15, 0.2) is 30.3 Å². The molecule has 0 aromatic heterocycles. The zero-order chi connectivity index (χ0) is 13.2. The van der Waals surface area contributed by atoms with Crippen LogP contribution in [0, 0.1) is 5.92 Å². The summed E-state index contributed by atoms with van der Waals surface area (Å²) in [6, 6.07) is 10.9. The van der Waals surface area contributed by atoms with Crippen LogP contribution < -0.4 is 5.32 Å². The fourth-order valence-corrected chi connectivity index (χ4v) is 2.00. The number of hydrogen-bond donors (Lipinski definition) is 2. The molecule has 1 aromatic rings. The Bertz CT molecular complexity index is 301. The van der Waals surface area contributed by atoms with Crippen molar-refractivity contribution in [1.29, 1.82) is 0 Å². The summed E-state index contributed by atoms with van der Waals surface area (Å²) < 4.78 is 5.24. The van der Waals surface area contributed by atoms with Gasteiger partial charge in [-0.25, -0.2) is 0 Å². The fraction of sp³-hybridized carbons (Fsp3) is 0.600. The van der Waals surface area contributed by atoms with Gasteiger partial charge in [0.2, 0.25) is 0 Å². The van der Waals surface area contributed by atoms with Crippen LogP contribution in [-0.2, 0) is 4.74 Å². The summed E-state index contributed by atoms with van der Waals surface area (Å²) in [6.45, 7) is 6.63. The van der Waals surface area contributed by atoms with Gasteiger partial charge in [0.25, 0.3) is 0 Å². The Morgan fingerprint density at radius 1 is 1.17 bits per heavy atom. The first kappa shape index (κ1) is 15.2. The van der Waals surface area contributed by atoms with Crippen LogP contribution in [0.2, 0.25) is 0 Å². The maximum atomic E-state index is 8.59. The second-order valence-corrected chi connectivity index (χ2v) is 4.78. The minimum atomic E-state index is 0.103. The van der Waals surface area contributed by atoms with Gasteiger partial charge >= 0.3 is 0 Å². The maximum absolute atomic E-state index is 8.59. The van der Waals surface area contributed by atoms with E-state index in [4.69, 9.17) is 9.84 Å². The van der Waals surface area contributed by atoms with Gasteiger partial charge in [0.1, 0.15) is 0 Å². The van der Waals surface area contributed by atoms with Crippen LogP contribution in [0.25, 0.3) is 0 Å². The Balaban J connectivity index is 2.31. The highest BCUT2D eigenvalue weighted by Crippen LogP contribution is 2.20. The predicted octanol–water partition coefficient (Wildman–Crippen LogP) is 2.37. The van der Waals surface area contributed by atoms with Crippen LogP contribution in [-0.4, -0.2) is 31.5 Å². The number of ether oxygens (including phenoxy) is 1. The van der Waals surface area contributed by atoms with Gasteiger partial charge in [0, 0.05) is 12.6 Å². The van der Waals surface area contributed by atoms with E-state index >= 15 is 0 Å². The first-order chi connectivity index (χ1) is 8.75. The molecule has 0 heterocycles. The van der Waals surface area contributed by atoms with E-state index in [-0.39, 0.29) is 6.61 Å². The Hall–Kier alpha value is -0.900. The average molecular weight is 251 g/mol. The Morgan fingerprint density at radius 2 is 1.89 bits per heavy atom. The Labute approximate surface area is 110 Å². The molecule has 102 valence electrons. The van der Waals surface area contributed by atoms with Gasteiger partial charge in [0.15, 0.2) is 0 Å². The van der Waals surface area contributed by atoms with Gasteiger partial charge in [0.05, 0.1) is 13.2 Å². The lowest BCUT2D eigenvalue weighted by molar-refractivity contribution is 0.0901. The minimum Gasteiger partial charge on any atom is -0.394 e. The normalized spacial score (nSPS) is 12.9. The molecule has 1 unspecified atom stereocenters. The van der Waals surface area contributed by atoms with Crippen molar-refractivity contribution in [1.82, 2.24) is 5.32 Å². The highest BCUT2D eigenvalue weighted by Gasteiger charge is 2.13. The zero-order valence-electron chi connectivity index (χ0n) is 11.4. The molecule has 18 heavy (non-hydrogen) atoms. The molecule has 1 rings (SSSR count). The summed E-state index contributed by atoms with van der Waals surface area (Å²) in [5.41, 5.74) is 1.34. The molecule has 0 saturated heterocycles. The summed E-state index contributed by atoms with van der Waals surface area (Å²) in [7, 11) is 0. The molecular formula is C15H25NO2. The fourth-order valence-electron chi connectivity index (χ4n) is 2.00. The SMILES string of the molecule is CC(C)C(NCCCOCCO)c1ccccc1. The zero-order valence-corrected chi connectivity index (χ0v) is 11.4. The standard InChI is InChI=1S/C15H25NO2/c1-13(2)15(14-7-4-3-5-8-14)16-9-6-11-18-12-10-17/h3-5,7-8,13,15-17H,6,9-12H2,1-2H3. The van der Waals surface area contributed by atoms with E-state index in [1.54, 1.807) is 0 Å². The number of aliphatic hydroxyl groups excluding tert-OH is 1. The van der Waals surface area contributed by atoms with Gasteiger partial charge in [-0.05, 0) is 24.4 Å². The van der Waals surface area contributed by atoms with Gasteiger partial charge in [-0.2, -0.15) is 0 Å². The molecule has 0 amide bonds. The third-order valence-electron chi connectivity index (χ3n) is 2.89. The topological polar surface area (TPSA) is 41.5 Å². The van der Waals surface area contributed by atoms with E-state index in [2.05, 4.69) is 43.4 Å². The Kier molecular flexibility index (Phi) is 7.65. The van der Waals surface area contributed by atoms with E-state index in [1.165, 1.54) is 5.56 Å². The summed E-state index contributed by atoms with van der Waals surface area (Å²) in [5.74, 6) is 0.561. The third-order valence-corrected chi connectivity index (χ3v) is 2.89. The van der Waals surface area contributed by atoms with Gasteiger partial charge < -0.3 is 15.2 Å². The van der Waals surface area contributed by atoms with Crippen LogP contribution in [0.1, 0.15) is 31.9 Å². The van der Waals surface area contributed by atoms with Crippen molar-refractivity contribution >= 4 is 0 Å². The maximum Gasteiger partial charge on any atom is 0.0697 e. The minimum absolute atomic E-state index is 0.103. The highest BCUT2D eigenvalue weighted by atomic mass is 16.5. The smallest absolute Gasteiger partial charge is 0.0697 e. The molecule has 0 aliphatic carbocycles. The van der Waals surface area contributed by atoms with Crippen LogP contribution >= 0.6 is 0 Å². The van der Waals surface area contributed by atoms with E-state index in [1.807, 2.05) is 6.07 Å². The summed E-state index contributed by atoms with van der Waals surface area (Å²) >= 11 is 0. The van der Waals surface area contributed by atoms with Crippen molar-refractivity contribution in [3.8, 4) is 0 Å². The first-order valence-corrected chi connectivity index (χ1v) is 6.72. The monoisotopic (exact) mass is 251 g/mol. The van der Waals surface area contributed by atoms with Crippen molar-refractivity contribution in [2.45, 2.75) is 26.3 Å². The van der Waals surface area contributed by atoms with Crippen molar-refractivity contribution in [3.05, 3.63) is 35.9 Å². The molecule has 0 aliphatic rings. The summed E-state index contributed by atoms with van der Waals surface area (Å²) in [6.07, 6.45) is 0.968. The molecule has 0 aliphatic heterocycles. The van der Waals surface area contributed by atoms with Crippen LogP contribution in [0.5, 0.6) is 0 Å². The molecule has 0 spiro atoms. The molecule has 0 bridgehead atoms. The van der Waals surface area contributed by atoms with Gasteiger partial charge in [-0.1, -0.05) is 44.2 Å². The van der Waals surface area contributed by atoms with E-state index < -0.39 is 0 Å². The second kappa shape index (κ2) is 9.09. The van der Waals surface area contributed by atoms with Gasteiger partial charge in [-0.15, -0.1) is 0 Å². The predicted molar refractivity (Wildman–Crippen MR) is 74.5 cm³/mol. The quantitative estimate of drug-likeness (QED) is 0.662. The molecule has 2 N–H and O–H groups in total. The summed E-state index contributed by atoms with van der Waals surface area (Å²) in [4.78, 5) is 0. The lowest BCUT2D eigenvalue weighted by atomic mass is 9.96. The molecule has 1 aromatic carbocycles.